The molecule has 0 saturated carbocycles. The molecule has 0 fully saturated rings. The molecule has 5 heteroatoms. The van der Waals surface area contributed by atoms with Crippen molar-refractivity contribution in [3.63, 3.8) is 0 Å². The van der Waals surface area contributed by atoms with Gasteiger partial charge in [-0.05, 0) is 24.3 Å². The Balaban J connectivity index is 2.31. The smallest absolute Gasteiger partial charge is 0.335 e. The number of carboxylic acid groups (broad SMARTS) is 2. The van der Waals surface area contributed by atoms with Crippen molar-refractivity contribution in [2.75, 3.05) is 0 Å². The van der Waals surface area contributed by atoms with Crippen molar-refractivity contribution in [3.8, 4) is 0 Å². The van der Waals surface area contributed by atoms with E-state index in [4.69, 9.17) is 10.2 Å². The molecular weight excluding hydrogens is 246 g/mol. The van der Waals surface area contributed by atoms with Gasteiger partial charge in [-0.15, -0.1) is 0 Å². The summed E-state index contributed by atoms with van der Waals surface area (Å²) in [6.45, 7) is 0. The van der Waals surface area contributed by atoms with Crippen LogP contribution in [0, 0.1) is 0 Å². The minimum atomic E-state index is -0.994. The maximum atomic E-state index is 10.9. The highest BCUT2D eigenvalue weighted by molar-refractivity contribution is 6.10. The van der Waals surface area contributed by atoms with Crippen LogP contribution >= 0.6 is 0 Å². The lowest BCUT2D eigenvalue weighted by molar-refractivity contribution is 0.0686. The largest absolute Gasteiger partial charge is 0.478 e. The topological polar surface area (TPSA) is 90.4 Å². The van der Waals surface area contributed by atoms with Gasteiger partial charge in [-0.3, -0.25) is 0 Å². The van der Waals surface area contributed by atoms with Crippen molar-refractivity contribution >= 4 is 33.7 Å². The normalized spacial score (nSPS) is 10.9. The summed E-state index contributed by atoms with van der Waals surface area (Å²) in [4.78, 5) is 24.9. The predicted octanol–water partition coefficient (Wildman–Crippen LogP) is 2.72. The first-order valence-electron chi connectivity index (χ1n) is 5.58. The Morgan fingerprint density at radius 3 is 1.58 bits per heavy atom. The first kappa shape index (κ1) is 11.3. The summed E-state index contributed by atoms with van der Waals surface area (Å²) in [6, 6.07) is 9.58. The maximum Gasteiger partial charge on any atom is 0.335 e. The maximum absolute atomic E-state index is 10.9. The zero-order valence-corrected chi connectivity index (χ0v) is 9.68. The van der Waals surface area contributed by atoms with Gasteiger partial charge in [-0.2, -0.15) is 0 Å². The van der Waals surface area contributed by atoms with Crippen LogP contribution in [0.25, 0.3) is 21.8 Å². The van der Waals surface area contributed by atoms with Crippen LogP contribution in [0.5, 0.6) is 0 Å². The number of aromatic nitrogens is 1. The highest BCUT2D eigenvalue weighted by atomic mass is 16.4. The molecule has 1 aromatic heterocycles. The second-order valence-corrected chi connectivity index (χ2v) is 4.26. The van der Waals surface area contributed by atoms with E-state index in [9.17, 15) is 9.59 Å². The number of rotatable bonds is 2. The molecule has 2 aromatic carbocycles. The molecule has 0 radical (unpaired) electrons. The quantitative estimate of drug-likeness (QED) is 0.656. The van der Waals surface area contributed by atoms with Gasteiger partial charge in [0.1, 0.15) is 0 Å². The Labute approximate surface area is 107 Å². The second-order valence-electron chi connectivity index (χ2n) is 4.26. The molecule has 0 amide bonds. The van der Waals surface area contributed by atoms with E-state index in [-0.39, 0.29) is 11.1 Å². The molecule has 0 spiro atoms. The molecule has 0 atom stereocenters. The molecule has 3 aromatic rings. The van der Waals surface area contributed by atoms with E-state index in [2.05, 4.69) is 4.98 Å². The van der Waals surface area contributed by atoms with Crippen LogP contribution < -0.4 is 0 Å². The van der Waals surface area contributed by atoms with Crippen LogP contribution in [0.4, 0.5) is 0 Å². The molecule has 1 heterocycles. The van der Waals surface area contributed by atoms with E-state index >= 15 is 0 Å². The number of fused-ring (bicyclic) bond motifs is 3. The molecule has 5 nitrogen and oxygen atoms in total. The van der Waals surface area contributed by atoms with Crippen molar-refractivity contribution < 1.29 is 19.8 Å². The Hall–Kier alpha value is -2.82. The van der Waals surface area contributed by atoms with Gasteiger partial charge in [0.15, 0.2) is 0 Å². The molecule has 0 aliphatic heterocycles. The average Bonchev–Trinajstić information content (AvgIpc) is 2.74. The molecule has 0 unspecified atom stereocenters. The minimum absolute atomic E-state index is 0.192. The van der Waals surface area contributed by atoms with E-state index in [0.29, 0.717) is 11.0 Å². The lowest BCUT2D eigenvalue weighted by atomic mass is 10.1. The molecule has 94 valence electrons. The number of benzene rings is 2. The summed E-state index contributed by atoms with van der Waals surface area (Å²) < 4.78 is 0. The van der Waals surface area contributed by atoms with Crippen molar-refractivity contribution in [2.24, 2.45) is 0 Å². The van der Waals surface area contributed by atoms with Gasteiger partial charge >= 0.3 is 11.9 Å². The van der Waals surface area contributed by atoms with Gasteiger partial charge in [0.05, 0.1) is 11.1 Å². The van der Waals surface area contributed by atoms with Gasteiger partial charge < -0.3 is 15.2 Å². The van der Waals surface area contributed by atoms with Crippen molar-refractivity contribution in [1.29, 1.82) is 0 Å². The lowest BCUT2D eigenvalue weighted by Crippen LogP contribution is -1.94. The summed E-state index contributed by atoms with van der Waals surface area (Å²) in [6.07, 6.45) is 0. The van der Waals surface area contributed by atoms with Crippen molar-refractivity contribution in [3.05, 3.63) is 47.5 Å². The highest BCUT2D eigenvalue weighted by Gasteiger charge is 2.10. The lowest BCUT2D eigenvalue weighted by Gasteiger charge is -1.95. The Morgan fingerprint density at radius 1 is 0.789 bits per heavy atom. The number of carboxylic acids is 2. The summed E-state index contributed by atoms with van der Waals surface area (Å²) in [7, 11) is 0. The van der Waals surface area contributed by atoms with E-state index in [1.807, 2.05) is 0 Å². The first-order chi connectivity index (χ1) is 9.06. The predicted molar refractivity (Wildman–Crippen MR) is 69.7 cm³/mol. The number of nitrogens with one attached hydrogen (secondary N) is 1. The summed E-state index contributed by atoms with van der Waals surface area (Å²) >= 11 is 0. The van der Waals surface area contributed by atoms with E-state index < -0.39 is 11.9 Å². The van der Waals surface area contributed by atoms with Crippen LogP contribution in [-0.2, 0) is 0 Å². The molecule has 0 bridgehead atoms. The van der Waals surface area contributed by atoms with Crippen LogP contribution in [0.3, 0.4) is 0 Å². The van der Waals surface area contributed by atoms with Crippen LogP contribution in [0.15, 0.2) is 36.4 Å². The number of aromatic amines is 1. The minimum Gasteiger partial charge on any atom is -0.478 e. The molecule has 19 heavy (non-hydrogen) atoms. The number of hydrogen-bond acceptors (Lipinski definition) is 2. The summed E-state index contributed by atoms with van der Waals surface area (Å²) in [5.41, 5.74) is 1.74. The average molecular weight is 255 g/mol. The highest BCUT2D eigenvalue weighted by Crippen LogP contribution is 2.27. The molecule has 0 aliphatic rings. The number of carbonyl (C=O) groups is 2. The summed E-state index contributed by atoms with van der Waals surface area (Å²) in [5, 5.41) is 19.6. The van der Waals surface area contributed by atoms with Gasteiger partial charge in [-0.25, -0.2) is 9.59 Å². The van der Waals surface area contributed by atoms with Gasteiger partial charge in [-0.1, -0.05) is 12.1 Å². The van der Waals surface area contributed by atoms with Crippen LogP contribution in [0.1, 0.15) is 20.7 Å². The van der Waals surface area contributed by atoms with E-state index in [1.165, 1.54) is 24.3 Å². The van der Waals surface area contributed by atoms with Gasteiger partial charge in [0.25, 0.3) is 0 Å². The third-order valence-corrected chi connectivity index (χ3v) is 3.09. The van der Waals surface area contributed by atoms with Crippen LogP contribution in [0.2, 0.25) is 0 Å². The molecule has 3 rings (SSSR count). The Bertz CT molecular complexity index is 764. The zero-order valence-electron chi connectivity index (χ0n) is 9.68. The van der Waals surface area contributed by atoms with Gasteiger partial charge in [0, 0.05) is 21.8 Å². The van der Waals surface area contributed by atoms with Crippen molar-refractivity contribution in [1.82, 2.24) is 4.98 Å². The monoisotopic (exact) mass is 255 g/mol. The number of aromatic carboxylic acids is 2. The fourth-order valence-electron chi connectivity index (χ4n) is 2.18. The molecule has 0 saturated heterocycles. The standard InChI is InChI=1S/C14H9NO4/c16-13(17)7-1-3-9-10-4-2-8(14(18)19)6-12(10)15-11(9)5-7/h1-6,15H,(H,16,17)(H,18,19). The molecular formula is C14H9NO4. The molecule has 0 aliphatic carbocycles. The van der Waals surface area contributed by atoms with Gasteiger partial charge in [0.2, 0.25) is 0 Å². The Morgan fingerprint density at radius 2 is 1.21 bits per heavy atom. The number of H-pyrrole nitrogens is 1. The van der Waals surface area contributed by atoms with E-state index in [0.717, 1.165) is 10.8 Å². The summed E-state index contributed by atoms with van der Waals surface area (Å²) in [5.74, 6) is -1.99. The third kappa shape index (κ3) is 1.72. The first-order valence-corrected chi connectivity index (χ1v) is 5.58. The zero-order chi connectivity index (χ0) is 13.6. The fourth-order valence-corrected chi connectivity index (χ4v) is 2.18. The van der Waals surface area contributed by atoms with Crippen molar-refractivity contribution in [2.45, 2.75) is 0 Å². The third-order valence-electron chi connectivity index (χ3n) is 3.09. The van der Waals surface area contributed by atoms with Crippen LogP contribution in [-0.4, -0.2) is 27.1 Å². The molecule has 3 N–H and O–H groups in total. The fraction of sp³-hybridized carbons (Fsp3) is 0. The Kier molecular flexibility index (Phi) is 2.28. The number of hydrogen-bond donors (Lipinski definition) is 3. The second kappa shape index (κ2) is 3.84. The SMILES string of the molecule is O=C(O)c1ccc2c(c1)[nH]c1cc(C(=O)O)ccc12. The van der Waals surface area contributed by atoms with E-state index in [1.54, 1.807) is 12.1 Å².